The summed E-state index contributed by atoms with van der Waals surface area (Å²) in [6.07, 6.45) is 0.332. The van der Waals surface area contributed by atoms with Crippen molar-refractivity contribution in [3.05, 3.63) is 59.8 Å². The van der Waals surface area contributed by atoms with Crippen molar-refractivity contribution in [2.24, 2.45) is 5.10 Å². The summed E-state index contributed by atoms with van der Waals surface area (Å²) in [5.41, 5.74) is 0.000145. The zero-order chi connectivity index (χ0) is 17.0. The molecule has 1 heterocycles. The molecule has 5 nitrogen and oxygen atoms in total. The van der Waals surface area contributed by atoms with E-state index < -0.39 is 11.7 Å². The number of halogens is 3. The molecule has 0 amide bonds. The van der Waals surface area contributed by atoms with Gasteiger partial charge in [0.1, 0.15) is 6.33 Å². The van der Waals surface area contributed by atoms with Gasteiger partial charge in [-0.3, -0.25) is 0 Å². The van der Waals surface area contributed by atoms with Gasteiger partial charge in [0.05, 0.1) is 11.3 Å². The molecule has 0 unspecified atom stereocenters. The molecule has 2 rings (SSSR count). The fraction of sp³-hybridized carbons (Fsp3) is 0.267. The van der Waals surface area contributed by atoms with Crippen LogP contribution in [0.1, 0.15) is 17.0 Å². The zero-order valence-electron chi connectivity index (χ0n) is 12.9. The molecule has 0 aliphatic rings. The Labute approximate surface area is 131 Å². The molecule has 0 saturated heterocycles. The quantitative estimate of drug-likeness (QED) is 0.813. The van der Waals surface area contributed by atoms with Crippen LogP contribution in [0.25, 0.3) is 0 Å². The van der Waals surface area contributed by atoms with Gasteiger partial charge in [0.15, 0.2) is 5.82 Å². The van der Waals surface area contributed by atoms with E-state index in [1.807, 2.05) is 14.1 Å². The molecule has 1 aromatic carbocycles. The third-order valence-electron chi connectivity index (χ3n) is 2.93. The first-order valence-electron chi connectivity index (χ1n) is 6.75. The summed E-state index contributed by atoms with van der Waals surface area (Å²) in [5, 5.41) is 11.8. The summed E-state index contributed by atoms with van der Waals surface area (Å²) in [6, 6.07) is 5.03. The molecule has 0 radical (unpaired) electrons. The summed E-state index contributed by atoms with van der Waals surface area (Å²) in [4.78, 5) is 1.77. The van der Waals surface area contributed by atoms with Crippen LogP contribution in [0.4, 0.5) is 13.2 Å². The van der Waals surface area contributed by atoms with Gasteiger partial charge in [-0.15, -0.1) is 10.2 Å². The van der Waals surface area contributed by atoms with Crippen LogP contribution in [0, 0.1) is 6.92 Å². The van der Waals surface area contributed by atoms with Crippen molar-refractivity contribution >= 4 is 5.71 Å². The third-order valence-corrected chi connectivity index (χ3v) is 2.93. The van der Waals surface area contributed by atoms with Crippen molar-refractivity contribution in [1.82, 2.24) is 19.8 Å². The van der Waals surface area contributed by atoms with E-state index in [9.17, 15) is 13.2 Å². The lowest BCUT2D eigenvalue weighted by molar-refractivity contribution is -0.137. The van der Waals surface area contributed by atoms with Gasteiger partial charge < -0.3 is 4.90 Å². The van der Waals surface area contributed by atoms with Crippen LogP contribution in [-0.2, 0) is 6.18 Å². The topological polar surface area (TPSA) is 46.3 Å². The van der Waals surface area contributed by atoms with Crippen molar-refractivity contribution in [3.8, 4) is 0 Å². The average molecular weight is 323 g/mol. The summed E-state index contributed by atoms with van der Waals surface area (Å²) < 4.78 is 40.1. The smallest absolute Gasteiger partial charge is 0.383 e. The van der Waals surface area contributed by atoms with Gasteiger partial charge in [-0.05, 0) is 25.1 Å². The van der Waals surface area contributed by atoms with Crippen LogP contribution in [-0.4, -0.2) is 39.6 Å². The number of benzene rings is 1. The SMILES string of the molecule is Cc1nncn1/N=C(\C=C\N(C)C)c1cccc(C(F)(F)F)c1. The summed E-state index contributed by atoms with van der Waals surface area (Å²) in [6.45, 7) is 1.70. The Morgan fingerprint density at radius 2 is 2.04 bits per heavy atom. The standard InChI is InChI=1S/C15H16F3N5/c1-11-20-19-10-23(11)21-14(7-8-22(2)3)12-5-4-6-13(9-12)15(16,17)18/h4-10H,1-3H3/b8-7+,21-14+. The van der Waals surface area contributed by atoms with Crippen LogP contribution >= 0.6 is 0 Å². The normalized spacial score (nSPS) is 12.9. The number of allylic oxidation sites excluding steroid dienone is 1. The van der Waals surface area contributed by atoms with Crippen molar-refractivity contribution < 1.29 is 13.2 Å². The maximum atomic E-state index is 12.9. The molecule has 0 N–H and O–H groups in total. The highest BCUT2D eigenvalue weighted by Gasteiger charge is 2.30. The number of hydrogen-bond donors (Lipinski definition) is 0. The van der Waals surface area contributed by atoms with E-state index in [0.717, 1.165) is 12.1 Å². The van der Waals surface area contributed by atoms with Crippen LogP contribution in [0.15, 0.2) is 48.0 Å². The van der Waals surface area contributed by atoms with E-state index in [2.05, 4.69) is 15.3 Å². The zero-order valence-corrected chi connectivity index (χ0v) is 12.9. The molecular formula is C15H16F3N5. The third kappa shape index (κ3) is 4.41. The Morgan fingerprint density at radius 1 is 1.30 bits per heavy atom. The predicted octanol–water partition coefficient (Wildman–Crippen LogP) is 2.93. The fourth-order valence-electron chi connectivity index (χ4n) is 1.76. The van der Waals surface area contributed by atoms with Gasteiger partial charge in [0.2, 0.25) is 0 Å². The lowest BCUT2D eigenvalue weighted by Crippen LogP contribution is -2.09. The molecule has 0 bridgehead atoms. The van der Waals surface area contributed by atoms with E-state index in [1.54, 1.807) is 30.2 Å². The highest BCUT2D eigenvalue weighted by molar-refractivity contribution is 6.08. The fourth-order valence-corrected chi connectivity index (χ4v) is 1.76. The Bertz CT molecular complexity index is 729. The van der Waals surface area contributed by atoms with Crippen molar-refractivity contribution in [3.63, 3.8) is 0 Å². The van der Waals surface area contributed by atoms with E-state index in [1.165, 1.54) is 17.1 Å². The van der Waals surface area contributed by atoms with Gasteiger partial charge >= 0.3 is 6.18 Å². The first-order valence-corrected chi connectivity index (χ1v) is 6.75. The maximum Gasteiger partial charge on any atom is 0.416 e. The minimum Gasteiger partial charge on any atom is -0.383 e. The van der Waals surface area contributed by atoms with Crippen LogP contribution in [0.2, 0.25) is 0 Å². The van der Waals surface area contributed by atoms with Gasteiger partial charge in [-0.25, -0.2) is 4.68 Å². The molecule has 0 atom stereocenters. The monoisotopic (exact) mass is 323 g/mol. The van der Waals surface area contributed by atoms with Crippen molar-refractivity contribution in [1.29, 1.82) is 0 Å². The lowest BCUT2D eigenvalue weighted by atomic mass is 10.1. The summed E-state index contributed by atoms with van der Waals surface area (Å²) in [7, 11) is 3.62. The molecule has 2 aromatic rings. The van der Waals surface area contributed by atoms with Gasteiger partial charge in [0.25, 0.3) is 0 Å². The molecule has 0 saturated carbocycles. The molecule has 0 aliphatic carbocycles. The second kappa shape index (κ2) is 6.64. The second-order valence-electron chi connectivity index (χ2n) is 5.07. The van der Waals surface area contributed by atoms with E-state index in [0.29, 0.717) is 17.1 Å². The van der Waals surface area contributed by atoms with Gasteiger partial charge in [0, 0.05) is 25.9 Å². The largest absolute Gasteiger partial charge is 0.416 e. The molecule has 8 heteroatoms. The minimum absolute atomic E-state index is 0.353. The minimum atomic E-state index is -4.40. The van der Waals surface area contributed by atoms with E-state index in [-0.39, 0.29) is 0 Å². The molecule has 23 heavy (non-hydrogen) atoms. The van der Waals surface area contributed by atoms with Crippen LogP contribution < -0.4 is 0 Å². The molecule has 0 spiro atoms. The van der Waals surface area contributed by atoms with E-state index in [4.69, 9.17) is 0 Å². The number of aromatic nitrogens is 3. The number of nitrogens with zero attached hydrogens (tertiary/aromatic N) is 5. The molecule has 1 aromatic heterocycles. The molecule has 122 valence electrons. The lowest BCUT2D eigenvalue weighted by Gasteiger charge is -2.10. The summed E-state index contributed by atoms with van der Waals surface area (Å²) in [5.74, 6) is 0.535. The maximum absolute atomic E-state index is 12.9. The first-order chi connectivity index (χ1) is 10.8. The first kappa shape index (κ1) is 16.7. The Balaban J connectivity index is 2.50. The Kier molecular flexibility index (Phi) is 4.83. The predicted molar refractivity (Wildman–Crippen MR) is 81.0 cm³/mol. The Morgan fingerprint density at radius 3 is 2.61 bits per heavy atom. The number of alkyl halides is 3. The highest BCUT2D eigenvalue weighted by atomic mass is 19.4. The van der Waals surface area contributed by atoms with Gasteiger partial charge in [-0.1, -0.05) is 12.1 Å². The molecule has 0 aliphatic heterocycles. The second-order valence-corrected chi connectivity index (χ2v) is 5.07. The van der Waals surface area contributed by atoms with E-state index >= 15 is 0 Å². The van der Waals surface area contributed by atoms with Gasteiger partial charge in [-0.2, -0.15) is 18.3 Å². The number of rotatable bonds is 4. The average Bonchev–Trinajstić information content (AvgIpc) is 2.87. The summed E-state index contributed by atoms with van der Waals surface area (Å²) >= 11 is 0. The Hall–Kier alpha value is -2.64. The number of aryl methyl sites for hydroxylation is 1. The van der Waals surface area contributed by atoms with Crippen molar-refractivity contribution in [2.45, 2.75) is 13.1 Å². The van der Waals surface area contributed by atoms with Crippen LogP contribution in [0.5, 0.6) is 0 Å². The highest BCUT2D eigenvalue weighted by Crippen LogP contribution is 2.29. The molecule has 0 fully saturated rings. The van der Waals surface area contributed by atoms with Crippen molar-refractivity contribution in [2.75, 3.05) is 14.1 Å². The molecular weight excluding hydrogens is 307 g/mol. The number of hydrogen-bond acceptors (Lipinski definition) is 4. The van der Waals surface area contributed by atoms with Crippen LogP contribution in [0.3, 0.4) is 0 Å².